The van der Waals surface area contributed by atoms with Crippen molar-refractivity contribution in [2.75, 3.05) is 6.54 Å². The number of benzene rings is 2. The van der Waals surface area contributed by atoms with Crippen LogP contribution in [0.15, 0.2) is 54.6 Å². The van der Waals surface area contributed by atoms with Crippen molar-refractivity contribution in [2.24, 2.45) is 0 Å². The maximum absolute atomic E-state index is 13.4. The minimum atomic E-state index is -0.567. The largest absolute Gasteiger partial charge is 0.352 e. The molecule has 1 aliphatic heterocycles. The Kier molecular flexibility index (Phi) is 7.95. The summed E-state index contributed by atoms with van der Waals surface area (Å²) in [6.45, 7) is 2.43. The first-order chi connectivity index (χ1) is 17.0. The number of rotatable bonds is 10. The third-order valence-electron chi connectivity index (χ3n) is 6.93. The lowest BCUT2D eigenvalue weighted by atomic mass is 10.1. The molecule has 1 saturated carbocycles. The Hall–Kier alpha value is -3.48. The van der Waals surface area contributed by atoms with E-state index in [0.29, 0.717) is 30.5 Å². The second kappa shape index (κ2) is 11.3. The van der Waals surface area contributed by atoms with Gasteiger partial charge in [-0.15, -0.1) is 0 Å². The number of amides is 4. The molecule has 2 aromatic carbocycles. The van der Waals surface area contributed by atoms with E-state index in [1.807, 2.05) is 37.3 Å². The zero-order chi connectivity index (χ0) is 24.8. The van der Waals surface area contributed by atoms with Crippen LogP contribution in [0, 0.1) is 0 Å². The van der Waals surface area contributed by atoms with Gasteiger partial charge in [0.05, 0.1) is 11.1 Å². The van der Waals surface area contributed by atoms with Gasteiger partial charge in [-0.05, 0) is 43.4 Å². The Morgan fingerprint density at radius 3 is 2.17 bits per heavy atom. The maximum atomic E-state index is 13.4. The molecule has 35 heavy (non-hydrogen) atoms. The third-order valence-corrected chi connectivity index (χ3v) is 6.93. The van der Waals surface area contributed by atoms with Crippen LogP contribution in [0.5, 0.6) is 0 Å². The van der Waals surface area contributed by atoms with E-state index in [9.17, 15) is 19.2 Å². The van der Waals surface area contributed by atoms with Crippen LogP contribution >= 0.6 is 0 Å². The van der Waals surface area contributed by atoms with E-state index in [1.54, 1.807) is 29.2 Å². The molecule has 0 spiro atoms. The summed E-state index contributed by atoms with van der Waals surface area (Å²) in [5.74, 6) is -0.897. The van der Waals surface area contributed by atoms with Crippen molar-refractivity contribution in [2.45, 2.75) is 70.5 Å². The molecular formula is C28H33N3O4. The second-order valence-electron chi connectivity index (χ2n) is 9.33. The smallest absolute Gasteiger partial charge is 0.261 e. The Morgan fingerprint density at radius 2 is 1.57 bits per heavy atom. The van der Waals surface area contributed by atoms with E-state index in [-0.39, 0.29) is 42.6 Å². The van der Waals surface area contributed by atoms with Crippen molar-refractivity contribution in [3.05, 3.63) is 71.3 Å². The van der Waals surface area contributed by atoms with Crippen LogP contribution in [-0.2, 0) is 16.1 Å². The van der Waals surface area contributed by atoms with E-state index in [2.05, 4.69) is 5.32 Å². The lowest BCUT2D eigenvalue weighted by Gasteiger charge is -2.31. The van der Waals surface area contributed by atoms with Crippen molar-refractivity contribution in [1.29, 1.82) is 0 Å². The van der Waals surface area contributed by atoms with Crippen LogP contribution in [-0.4, -0.2) is 52.1 Å². The molecule has 2 aromatic rings. The Morgan fingerprint density at radius 1 is 0.971 bits per heavy atom. The highest BCUT2D eigenvalue weighted by Crippen LogP contribution is 2.23. The van der Waals surface area contributed by atoms with E-state index >= 15 is 0 Å². The highest BCUT2D eigenvalue weighted by molar-refractivity contribution is 6.21. The second-order valence-corrected chi connectivity index (χ2v) is 9.33. The first-order valence-corrected chi connectivity index (χ1v) is 12.6. The molecule has 1 N–H and O–H groups in total. The SMILES string of the molecule is CC[C@H](C(=O)NC1CCCC1)N(Cc1ccccc1)C(=O)CCCN1C(=O)c2ccccc2C1=O. The number of carbonyl (C=O) groups is 4. The number of nitrogens with one attached hydrogen (secondary N) is 1. The van der Waals surface area contributed by atoms with Crippen molar-refractivity contribution in [3.8, 4) is 0 Å². The molecule has 0 bridgehead atoms. The zero-order valence-electron chi connectivity index (χ0n) is 20.2. The van der Waals surface area contributed by atoms with Gasteiger partial charge in [0.15, 0.2) is 0 Å². The van der Waals surface area contributed by atoms with E-state index in [0.717, 1.165) is 31.2 Å². The molecule has 4 amide bonds. The van der Waals surface area contributed by atoms with Gasteiger partial charge in [0, 0.05) is 25.6 Å². The van der Waals surface area contributed by atoms with Gasteiger partial charge in [0.25, 0.3) is 11.8 Å². The van der Waals surface area contributed by atoms with Gasteiger partial charge in [-0.25, -0.2) is 0 Å². The molecule has 1 fully saturated rings. The van der Waals surface area contributed by atoms with Gasteiger partial charge < -0.3 is 10.2 Å². The number of hydrogen-bond donors (Lipinski definition) is 1. The average molecular weight is 476 g/mol. The number of hydrogen-bond acceptors (Lipinski definition) is 4. The lowest BCUT2D eigenvalue weighted by Crippen LogP contribution is -2.51. The molecule has 0 aromatic heterocycles. The maximum Gasteiger partial charge on any atom is 0.261 e. The monoisotopic (exact) mass is 475 g/mol. The molecule has 0 unspecified atom stereocenters. The number of nitrogens with zero attached hydrogens (tertiary/aromatic N) is 2. The molecule has 0 radical (unpaired) electrons. The Bertz CT molecular complexity index is 1040. The molecule has 184 valence electrons. The molecule has 0 saturated heterocycles. The summed E-state index contributed by atoms with van der Waals surface area (Å²) in [6, 6.07) is 16.0. The molecule has 7 nitrogen and oxygen atoms in total. The van der Waals surface area contributed by atoms with E-state index in [4.69, 9.17) is 0 Å². The minimum absolute atomic E-state index is 0.107. The summed E-state index contributed by atoms with van der Waals surface area (Å²) in [5, 5.41) is 3.14. The Balaban J connectivity index is 1.42. The first-order valence-electron chi connectivity index (χ1n) is 12.6. The third kappa shape index (κ3) is 5.61. The summed E-state index contributed by atoms with van der Waals surface area (Å²) >= 11 is 0. The van der Waals surface area contributed by atoms with Crippen LogP contribution in [0.4, 0.5) is 0 Å². The predicted molar refractivity (Wildman–Crippen MR) is 133 cm³/mol. The Labute approximate surface area is 206 Å². The number of carbonyl (C=O) groups excluding carboxylic acids is 4. The van der Waals surface area contributed by atoms with Crippen LogP contribution in [0.2, 0.25) is 0 Å². The van der Waals surface area contributed by atoms with Crippen molar-refractivity contribution >= 4 is 23.6 Å². The van der Waals surface area contributed by atoms with E-state index in [1.165, 1.54) is 4.90 Å². The first kappa shape index (κ1) is 24.6. The molecule has 7 heteroatoms. The van der Waals surface area contributed by atoms with Gasteiger partial charge in [0.1, 0.15) is 6.04 Å². The summed E-state index contributed by atoms with van der Waals surface area (Å²) < 4.78 is 0. The lowest BCUT2D eigenvalue weighted by molar-refractivity contribution is -0.141. The highest BCUT2D eigenvalue weighted by atomic mass is 16.2. The van der Waals surface area contributed by atoms with Gasteiger partial charge in [0.2, 0.25) is 11.8 Å². The van der Waals surface area contributed by atoms with E-state index < -0.39 is 6.04 Å². The predicted octanol–water partition coefficient (Wildman–Crippen LogP) is 3.93. The summed E-state index contributed by atoms with van der Waals surface area (Å²) in [5.41, 5.74) is 1.77. The van der Waals surface area contributed by atoms with Crippen molar-refractivity contribution in [1.82, 2.24) is 15.1 Å². The van der Waals surface area contributed by atoms with Gasteiger partial charge in [-0.1, -0.05) is 62.2 Å². The van der Waals surface area contributed by atoms with Crippen molar-refractivity contribution in [3.63, 3.8) is 0 Å². The summed E-state index contributed by atoms with van der Waals surface area (Å²) in [6.07, 6.45) is 5.20. The van der Waals surface area contributed by atoms with Gasteiger partial charge in [-0.2, -0.15) is 0 Å². The summed E-state index contributed by atoms with van der Waals surface area (Å²) in [4.78, 5) is 54.7. The fourth-order valence-electron chi connectivity index (χ4n) is 5.04. The highest BCUT2D eigenvalue weighted by Gasteiger charge is 2.35. The molecule has 1 atom stereocenters. The van der Waals surface area contributed by atoms with Crippen LogP contribution in [0.25, 0.3) is 0 Å². The van der Waals surface area contributed by atoms with Crippen molar-refractivity contribution < 1.29 is 19.2 Å². The topological polar surface area (TPSA) is 86.8 Å². The normalized spacial score (nSPS) is 16.3. The molecule has 1 aliphatic carbocycles. The standard InChI is InChI=1S/C28H33N3O4/c1-2-24(26(33)29-21-13-6-7-14-21)31(19-20-11-4-3-5-12-20)25(32)17-10-18-30-27(34)22-15-8-9-16-23(22)28(30)35/h3-5,8-9,11-12,15-16,21,24H,2,6-7,10,13-14,17-19H2,1H3,(H,29,33)/t24-/m1/s1. The fourth-order valence-corrected chi connectivity index (χ4v) is 5.04. The summed E-state index contributed by atoms with van der Waals surface area (Å²) in [7, 11) is 0. The molecule has 2 aliphatic rings. The van der Waals surface area contributed by atoms with Crippen LogP contribution < -0.4 is 5.32 Å². The minimum Gasteiger partial charge on any atom is -0.352 e. The zero-order valence-corrected chi connectivity index (χ0v) is 20.2. The fraction of sp³-hybridized carbons (Fsp3) is 0.429. The van der Waals surface area contributed by atoms with Gasteiger partial charge >= 0.3 is 0 Å². The average Bonchev–Trinajstić information content (AvgIpc) is 3.47. The number of fused-ring (bicyclic) bond motifs is 1. The molecule has 1 heterocycles. The van der Waals surface area contributed by atoms with Gasteiger partial charge in [-0.3, -0.25) is 24.1 Å². The number of imide groups is 1. The quantitative estimate of drug-likeness (QED) is 0.528. The van der Waals surface area contributed by atoms with Crippen LogP contribution in [0.1, 0.15) is 78.1 Å². The molecular weight excluding hydrogens is 442 g/mol. The molecule has 4 rings (SSSR count). The van der Waals surface area contributed by atoms with Crippen LogP contribution in [0.3, 0.4) is 0 Å².